The first-order chi connectivity index (χ1) is 9.50. The SMILES string of the molecule is CC(C)(C)OC(=O)N1CCC[C@H]1CC=N[S+]([O-])C(C)(C)C. The number of ether oxygens (including phenoxy) is 1. The second kappa shape index (κ2) is 7.01. The molecule has 0 bridgehead atoms. The van der Waals surface area contributed by atoms with Crippen LogP contribution in [0.1, 0.15) is 60.8 Å². The molecule has 1 aliphatic heterocycles. The Morgan fingerprint density at radius 2 is 2.00 bits per heavy atom. The minimum Gasteiger partial charge on any atom is -0.591 e. The van der Waals surface area contributed by atoms with Crippen LogP contribution in [-0.4, -0.2) is 44.7 Å². The summed E-state index contributed by atoms with van der Waals surface area (Å²) in [5.74, 6) is 0. The summed E-state index contributed by atoms with van der Waals surface area (Å²) in [5, 5.41) is 0. The van der Waals surface area contributed by atoms with Gasteiger partial charge in [0.25, 0.3) is 0 Å². The molecule has 6 heteroatoms. The maximum Gasteiger partial charge on any atom is 0.410 e. The molecule has 1 rings (SSSR count). The molecule has 1 fully saturated rings. The Hall–Kier alpha value is -0.750. The second-order valence-corrected chi connectivity index (χ2v) is 9.29. The van der Waals surface area contributed by atoms with Crippen molar-refractivity contribution >= 4 is 23.7 Å². The highest BCUT2D eigenvalue weighted by Crippen LogP contribution is 2.23. The van der Waals surface area contributed by atoms with Crippen LogP contribution in [0.5, 0.6) is 0 Å². The summed E-state index contributed by atoms with van der Waals surface area (Å²) in [6.07, 6.45) is 3.96. The molecule has 1 aliphatic rings. The Bertz CT molecular complexity index is 385. The Morgan fingerprint density at radius 3 is 2.52 bits per heavy atom. The lowest BCUT2D eigenvalue weighted by molar-refractivity contribution is 0.0232. The fourth-order valence-electron chi connectivity index (χ4n) is 2.03. The van der Waals surface area contributed by atoms with Crippen molar-refractivity contribution in [3.63, 3.8) is 0 Å². The van der Waals surface area contributed by atoms with Gasteiger partial charge in [-0.15, -0.1) is 0 Å². The number of likely N-dealkylation sites (tertiary alicyclic amines) is 1. The summed E-state index contributed by atoms with van der Waals surface area (Å²) in [6.45, 7) is 12.0. The van der Waals surface area contributed by atoms with Crippen LogP contribution in [0.3, 0.4) is 0 Å². The molecule has 0 radical (unpaired) electrons. The molecule has 0 spiro atoms. The van der Waals surface area contributed by atoms with Gasteiger partial charge in [0.1, 0.15) is 21.7 Å². The third-order valence-electron chi connectivity index (χ3n) is 3.08. The predicted molar refractivity (Wildman–Crippen MR) is 87.0 cm³/mol. The van der Waals surface area contributed by atoms with Gasteiger partial charge in [-0.3, -0.25) is 0 Å². The van der Waals surface area contributed by atoms with Gasteiger partial charge in [0.05, 0.1) is 6.21 Å². The molecule has 1 heterocycles. The standard InChI is InChI=1S/C15H28N2O3S/c1-14(2,3)20-13(18)17-11-7-8-12(17)9-10-16-21(19)15(4,5)6/h10,12H,7-9,11H2,1-6H3/t12-,21?/m0/s1. The number of rotatable bonds is 3. The molecule has 0 N–H and O–H groups in total. The van der Waals surface area contributed by atoms with Crippen molar-refractivity contribution < 1.29 is 14.1 Å². The van der Waals surface area contributed by atoms with Crippen molar-refractivity contribution in [3.8, 4) is 0 Å². The molecule has 0 aromatic rings. The highest BCUT2D eigenvalue weighted by atomic mass is 32.2. The first kappa shape index (κ1) is 18.3. The van der Waals surface area contributed by atoms with Crippen molar-refractivity contribution in [3.05, 3.63) is 0 Å². The molecule has 1 unspecified atom stereocenters. The largest absolute Gasteiger partial charge is 0.591 e. The lowest BCUT2D eigenvalue weighted by Gasteiger charge is -2.28. The molecule has 0 aromatic heterocycles. The third-order valence-corrected chi connectivity index (χ3v) is 4.47. The average Bonchev–Trinajstić information content (AvgIpc) is 2.73. The summed E-state index contributed by atoms with van der Waals surface area (Å²) >= 11 is -1.24. The van der Waals surface area contributed by atoms with Gasteiger partial charge in [-0.2, -0.15) is 0 Å². The fraction of sp³-hybridized carbons (Fsp3) is 0.867. The molecule has 0 aromatic carbocycles. The van der Waals surface area contributed by atoms with Crippen LogP contribution >= 0.6 is 0 Å². The number of hydrogen-bond acceptors (Lipinski definition) is 4. The average molecular weight is 316 g/mol. The van der Waals surface area contributed by atoms with Gasteiger partial charge in [-0.25, -0.2) is 4.79 Å². The van der Waals surface area contributed by atoms with Crippen LogP contribution in [0.15, 0.2) is 4.40 Å². The van der Waals surface area contributed by atoms with Crippen LogP contribution < -0.4 is 0 Å². The zero-order valence-corrected chi connectivity index (χ0v) is 14.8. The van der Waals surface area contributed by atoms with Crippen LogP contribution in [0.4, 0.5) is 4.79 Å². The number of amides is 1. The topological polar surface area (TPSA) is 65.0 Å². The summed E-state index contributed by atoms with van der Waals surface area (Å²) in [4.78, 5) is 13.9. The summed E-state index contributed by atoms with van der Waals surface area (Å²) in [7, 11) is 0. The van der Waals surface area contributed by atoms with Crippen molar-refractivity contribution in [1.29, 1.82) is 0 Å². The predicted octanol–water partition coefficient (Wildman–Crippen LogP) is 3.31. The second-order valence-electron chi connectivity index (χ2n) is 7.36. The van der Waals surface area contributed by atoms with Gasteiger partial charge in [-0.1, -0.05) is 4.40 Å². The maximum atomic E-state index is 12.1. The number of hydrogen-bond donors (Lipinski definition) is 0. The van der Waals surface area contributed by atoms with E-state index in [-0.39, 0.29) is 16.9 Å². The zero-order chi connectivity index (χ0) is 16.3. The first-order valence-corrected chi connectivity index (χ1v) is 8.55. The zero-order valence-electron chi connectivity index (χ0n) is 14.0. The van der Waals surface area contributed by atoms with Crippen molar-refractivity contribution in [2.24, 2.45) is 4.40 Å². The van der Waals surface area contributed by atoms with E-state index < -0.39 is 17.0 Å². The minimum atomic E-state index is -1.24. The quantitative estimate of drug-likeness (QED) is 0.592. The van der Waals surface area contributed by atoms with E-state index in [0.717, 1.165) is 19.4 Å². The van der Waals surface area contributed by atoms with E-state index in [0.29, 0.717) is 6.42 Å². The van der Waals surface area contributed by atoms with Crippen LogP contribution in [0, 0.1) is 0 Å². The molecule has 21 heavy (non-hydrogen) atoms. The van der Waals surface area contributed by atoms with Crippen LogP contribution in [-0.2, 0) is 16.1 Å². The maximum absolute atomic E-state index is 12.1. The number of nitrogens with zero attached hydrogens (tertiary/aromatic N) is 2. The molecule has 1 amide bonds. The van der Waals surface area contributed by atoms with E-state index in [1.165, 1.54) is 0 Å². The van der Waals surface area contributed by atoms with E-state index in [1.54, 1.807) is 11.1 Å². The Morgan fingerprint density at radius 1 is 1.38 bits per heavy atom. The van der Waals surface area contributed by atoms with E-state index in [9.17, 15) is 9.35 Å². The van der Waals surface area contributed by atoms with Crippen molar-refractivity contribution in [2.45, 2.75) is 77.2 Å². The molecule has 0 saturated carbocycles. The Balaban J connectivity index is 2.55. The fourth-order valence-corrected chi connectivity index (χ4v) is 2.57. The monoisotopic (exact) mass is 316 g/mol. The molecule has 5 nitrogen and oxygen atoms in total. The van der Waals surface area contributed by atoms with Gasteiger partial charge in [-0.05, 0) is 54.4 Å². The lowest BCUT2D eigenvalue weighted by Crippen LogP contribution is -2.40. The molecule has 1 saturated heterocycles. The van der Waals surface area contributed by atoms with E-state index in [2.05, 4.69) is 4.40 Å². The van der Waals surface area contributed by atoms with E-state index in [4.69, 9.17) is 4.74 Å². The Labute approximate surface area is 131 Å². The van der Waals surface area contributed by atoms with Crippen LogP contribution in [0.25, 0.3) is 0 Å². The normalized spacial score (nSPS) is 21.9. The first-order valence-electron chi connectivity index (χ1n) is 7.45. The van der Waals surface area contributed by atoms with Gasteiger partial charge in [0.2, 0.25) is 0 Å². The highest BCUT2D eigenvalue weighted by molar-refractivity contribution is 7.91. The van der Waals surface area contributed by atoms with E-state index >= 15 is 0 Å². The lowest BCUT2D eigenvalue weighted by atomic mass is 10.1. The molecular weight excluding hydrogens is 288 g/mol. The highest BCUT2D eigenvalue weighted by Gasteiger charge is 2.32. The smallest absolute Gasteiger partial charge is 0.410 e. The molecule has 2 atom stereocenters. The Kier molecular flexibility index (Phi) is 6.11. The van der Waals surface area contributed by atoms with Gasteiger partial charge < -0.3 is 14.2 Å². The number of carbonyl (C=O) groups excluding carboxylic acids is 1. The van der Waals surface area contributed by atoms with Crippen LogP contribution in [0.2, 0.25) is 0 Å². The summed E-state index contributed by atoms with van der Waals surface area (Å²) in [5.41, 5.74) is -0.480. The molecule has 0 aliphatic carbocycles. The third kappa shape index (κ3) is 6.26. The van der Waals surface area contributed by atoms with Crippen molar-refractivity contribution in [1.82, 2.24) is 4.90 Å². The van der Waals surface area contributed by atoms with Crippen molar-refractivity contribution in [2.75, 3.05) is 6.54 Å². The summed E-state index contributed by atoms with van der Waals surface area (Å²) < 4.78 is 21.0. The molecular formula is C15H28N2O3S. The minimum absolute atomic E-state index is 0.0977. The molecule has 122 valence electrons. The van der Waals surface area contributed by atoms with Gasteiger partial charge in [0.15, 0.2) is 0 Å². The van der Waals surface area contributed by atoms with E-state index in [1.807, 2.05) is 41.5 Å². The summed E-state index contributed by atoms with van der Waals surface area (Å²) in [6, 6.07) is 0.0977. The van der Waals surface area contributed by atoms with Gasteiger partial charge >= 0.3 is 6.09 Å². The van der Waals surface area contributed by atoms with Gasteiger partial charge in [0, 0.05) is 19.0 Å². The number of carbonyl (C=O) groups is 1.